The first kappa shape index (κ1) is 19.4. The summed E-state index contributed by atoms with van der Waals surface area (Å²) in [6.07, 6.45) is 3.10. The minimum Gasteiger partial charge on any atom is -0.494 e. The Morgan fingerprint density at radius 1 is 1.22 bits per heavy atom. The van der Waals surface area contributed by atoms with Gasteiger partial charge in [0.25, 0.3) is 0 Å². The van der Waals surface area contributed by atoms with Crippen LogP contribution in [0.5, 0.6) is 5.75 Å². The van der Waals surface area contributed by atoms with Crippen LogP contribution in [0.3, 0.4) is 0 Å². The molecule has 27 heavy (non-hydrogen) atoms. The molecule has 1 atom stereocenters. The number of benzene rings is 1. The highest BCUT2D eigenvalue weighted by molar-refractivity contribution is 5.76. The first-order valence-electron chi connectivity index (χ1n) is 9.70. The van der Waals surface area contributed by atoms with Gasteiger partial charge in [0, 0.05) is 38.2 Å². The first-order valence-corrected chi connectivity index (χ1v) is 9.70. The van der Waals surface area contributed by atoms with E-state index in [2.05, 4.69) is 24.1 Å². The molecule has 146 valence electrons. The quantitative estimate of drug-likeness (QED) is 0.751. The van der Waals surface area contributed by atoms with Crippen molar-refractivity contribution in [2.75, 3.05) is 33.8 Å². The second-order valence-electron chi connectivity index (χ2n) is 7.48. The molecule has 0 spiro atoms. The van der Waals surface area contributed by atoms with E-state index >= 15 is 0 Å². The smallest absolute Gasteiger partial charge is 0.223 e. The fourth-order valence-electron chi connectivity index (χ4n) is 3.68. The zero-order valence-electron chi connectivity index (χ0n) is 16.6. The van der Waals surface area contributed by atoms with E-state index in [-0.39, 0.29) is 5.91 Å². The molecule has 0 saturated carbocycles. The largest absolute Gasteiger partial charge is 0.494 e. The van der Waals surface area contributed by atoms with E-state index in [0.29, 0.717) is 25.5 Å². The summed E-state index contributed by atoms with van der Waals surface area (Å²) in [5.41, 5.74) is 2.28. The van der Waals surface area contributed by atoms with E-state index in [1.54, 1.807) is 0 Å². The average Bonchev–Trinajstić information content (AvgIpc) is 2.99. The Bertz CT molecular complexity index is 739. The molecule has 1 amide bonds. The van der Waals surface area contributed by atoms with Crippen molar-refractivity contribution >= 4 is 5.91 Å². The van der Waals surface area contributed by atoms with Gasteiger partial charge in [-0.15, -0.1) is 0 Å². The molecule has 6 nitrogen and oxygen atoms in total. The van der Waals surface area contributed by atoms with E-state index in [4.69, 9.17) is 4.74 Å². The van der Waals surface area contributed by atoms with Gasteiger partial charge in [0.1, 0.15) is 5.75 Å². The van der Waals surface area contributed by atoms with Crippen LogP contribution in [-0.4, -0.2) is 59.3 Å². The molecule has 2 heterocycles. The van der Waals surface area contributed by atoms with E-state index < -0.39 is 0 Å². The van der Waals surface area contributed by atoms with E-state index in [1.165, 1.54) is 0 Å². The van der Waals surface area contributed by atoms with Crippen molar-refractivity contribution in [3.05, 3.63) is 47.8 Å². The van der Waals surface area contributed by atoms with Crippen LogP contribution in [0.1, 0.15) is 24.6 Å². The predicted octanol–water partition coefficient (Wildman–Crippen LogP) is 2.43. The zero-order valence-corrected chi connectivity index (χ0v) is 16.6. The molecule has 0 N–H and O–H groups in total. The highest BCUT2D eigenvalue weighted by atomic mass is 16.5. The van der Waals surface area contributed by atoms with Crippen LogP contribution in [0.2, 0.25) is 0 Å². The van der Waals surface area contributed by atoms with Crippen LogP contribution in [-0.2, 0) is 24.3 Å². The molecule has 0 bridgehead atoms. The Labute approximate surface area is 161 Å². The number of aromatic nitrogens is 2. The van der Waals surface area contributed by atoms with Crippen molar-refractivity contribution in [3.8, 4) is 5.75 Å². The molecular formula is C21H30N4O2. The third-order valence-corrected chi connectivity index (χ3v) is 4.91. The summed E-state index contributed by atoms with van der Waals surface area (Å²) in [7, 11) is 4.15. The molecule has 0 saturated heterocycles. The molecule has 1 aliphatic heterocycles. The molecule has 1 aromatic carbocycles. The van der Waals surface area contributed by atoms with Crippen LogP contribution in [0, 0.1) is 5.92 Å². The Morgan fingerprint density at radius 2 is 2.00 bits per heavy atom. The molecular weight excluding hydrogens is 340 g/mol. The number of rotatable bonds is 7. The molecule has 0 unspecified atom stereocenters. The van der Waals surface area contributed by atoms with Gasteiger partial charge < -0.3 is 14.5 Å². The minimum atomic E-state index is 0.210. The summed E-state index contributed by atoms with van der Waals surface area (Å²) >= 11 is 0. The summed E-state index contributed by atoms with van der Waals surface area (Å²) in [5, 5.41) is 4.43. The summed E-state index contributed by atoms with van der Waals surface area (Å²) in [4.78, 5) is 17.1. The van der Waals surface area contributed by atoms with E-state index in [9.17, 15) is 4.79 Å². The highest BCUT2D eigenvalue weighted by Gasteiger charge is 2.25. The number of amides is 1. The maximum atomic E-state index is 12.9. The standard InChI is InChI=1S/C21H30N4O2/c1-4-27-20-8-5-17(6-9-20)7-10-21(26)24-14-18(13-23(2)3)15-25-19(16-24)11-12-22-25/h5-6,8-9,11-12,18H,4,7,10,13-16H2,1-3H3/t18-/m1/s1. The van der Waals surface area contributed by atoms with Crippen molar-refractivity contribution in [1.29, 1.82) is 0 Å². The second-order valence-corrected chi connectivity index (χ2v) is 7.48. The lowest BCUT2D eigenvalue weighted by molar-refractivity contribution is -0.132. The van der Waals surface area contributed by atoms with Crippen LogP contribution in [0.25, 0.3) is 0 Å². The molecule has 1 aromatic heterocycles. The van der Waals surface area contributed by atoms with Crippen molar-refractivity contribution in [2.24, 2.45) is 5.92 Å². The van der Waals surface area contributed by atoms with Crippen molar-refractivity contribution in [1.82, 2.24) is 19.6 Å². The lowest BCUT2D eigenvalue weighted by Crippen LogP contribution is -2.37. The zero-order chi connectivity index (χ0) is 19.2. The molecule has 0 radical (unpaired) electrons. The second kappa shape index (κ2) is 9.04. The minimum absolute atomic E-state index is 0.210. The van der Waals surface area contributed by atoms with Crippen molar-refractivity contribution in [2.45, 2.75) is 32.9 Å². The number of hydrogen-bond donors (Lipinski definition) is 0. The third-order valence-electron chi connectivity index (χ3n) is 4.91. The first-order chi connectivity index (χ1) is 13.0. The fourth-order valence-corrected chi connectivity index (χ4v) is 3.68. The lowest BCUT2D eigenvalue weighted by Gasteiger charge is -2.26. The average molecular weight is 370 g/mol. The van der Waals surface area contributed by atoms with Crippen molar-refractivity contribution in [3.63, 3.8) is 0 Å². The Balaban J connectivity index is 1.62. The van der Waals surface area contributed by atoms with Crippen LogP contribution in [0.4, 0.5) is 0 Å². The molecule has 0 fully saturated rings. The van der Waals surface area contributed by atoms with Gasteiger partial charge in [0.15, 0.2) is 0 Å². The van der Waals surface area contributed by atoms with Gasteiger partial charge in [0.05, 0.1) is 18.8 Å². The summed E-state index contributed by atoms with van der Waals surface area (Å²) in [6.45, 7) is 5.88. The monoisotopic (exact) mass is 370 g/mol. The number of nitrogens with zero attached hydrogens (tertiary/aromatic N) is 4. The number of hydrogen-bond acceptors (Lipinski definition) is 4. The number of ether oxygens (including phenoxy) is 1. The third kappa shape index (κ3) is 5.32. The van der Waals surface area contributed by atoms with Gasteiger partial charge in [-0.1, -0.05) is 12.1 Å². The topological polar surface area (TPSA) is 50.6 Å². The molecule has 0 aliphatic carbocycles. The molecule has 2 aromatic rings. The number of fused-ring (bicyclic) bond motifs is 1. The van der Waals surface area contributed by atoms with Gasteiger partial charge in [-0.3, -0.25) is 9.48 Å². The van der Waals surface area contributed by atoms with Gasteiger partial charge in [-0.2, -0.15) is 5.10 Å². The van der Waals surface area contributed by atoms with Gasteiger partial charge in [-0.05, 0) is 51.2 Å². The van der Waals surface area contributed by atoms with Crippen LogP contribution < -0.4 is 4.74 Å². The Hall–Kier alpha value is -2.34. The van der Waals surface area contributed by atoms with Crippen LogP contribution >= 0.6 is 0 Å². The highest BCUT2D eigenvalue weighted by Crippen LogP contribution is 2.19. The number of aryl methyl sites for hydroxylation is 1. The molecule has 6 heteroatoms. The normalized spacial score (nSPS) is 16.9. The maximum Gasteiger partial charge on any atom is 0.223 e. The maximum absolute atomic E-state index is 12.9. The van der Waals surface area contributed by atoms with Gasteiger partial charge >= 0.3 is 0 Å². The predicted molar refractivity (Wildman–Crippen MR) is 106 cm³/mol. The number of carbonyl (C=O) groups is 1. The fraction of sp³-hybridized carbons (Fsp3) is 0.524. The van der Waals surface area contributed by atoms with E-state index in [0.717, 1.165) is 43.1 Å². The summed E-state index contributed by atoms with van der Waals surface area (Å²) < 4.78 is 7.53. The summed E-state index contributed by atoms with van der Waals surface area (Å²) in [6, 6.07) is 10.1. The molecule has 3 rings (SSSR count). The van der Waals surface area contributed by atoms with Crippen LogP contribution in [0.15, 0.2) is 36.5 Å². The van der Waals surface area contributed by atoms with E-state index in [1.807, 2.05) is 53.0 Å². The van der Waals surface area contributed by atoms with Gasteiger partial charge in [-0.25, -0.2) is 0 Å². The Morgan fingerprint density at radius 3 is 2.70 bits per heavy atom. The Kier molecular flexibility index (Phi) is 6.50. The van der Waals surface area contributed by atoms with Gasteiger partial charge in [0.2, 0.25) is 5.91 Å². The lowest BCUT2D eigenvalue weighted by atomic mass is 10.1. The summed E-state index contributed by atoms with van der Waals surface area (Å²) in [5.74, 6) is 1.47. The van der Waals surface area contributed by atoms with Crippen molar-refractivity contribution < 1.29 is 9.53 Å². The SMILES string of the molecule is CCOc1ccc(CCC(=O)N2Cc3ccnn3C[C@H](CN(C)C)C2)cc1. The molecule has 1 aliphatic rings. The number of carbonyl (C=O) groups excluding carboxylic acids is 1.